The van der Waals surface area contributed by atoms with Gasteiger partial charge in [0.25, 0.3) is 0 Å². The number of esters is 1. The summed E-state index contributed by atoms with van der Waals surface area (Å²) in [6.07, 6.45) is 0.0878. The molecule has 0 aliphatic heterocycles. The van der Waals surface area contributed by atoms with E-state index in [9.17, 15) is 14.4 Å². The number of nitrogens with zero attached hydrogens (tertiary/aromatic N) is 1. The third-order valence-electron chi connectivity index (χ3n) is 3.52. The Morgan fingerprint density at radius 3 is 2.08 bits per heavy atom. The SMILES string of the molecule is COC(=O)CCC(=O)Nc1ccc(N(C(C)=O)c2ccccc2)cc1. The second-order valence-electron chi connectivity index (χ2n) is 5.36. The van der Waals surface area contributed by atoms with E-state index in [1.165, 1.54) is 14.0 Å². The molecule has 0 heterocycles. The fourth-order valence-corrected chi connectivity index (χ4v) is 2.32. The van der Waals surface area contributed by atoms with Gasteiger partial charge in [0.1, 0.15) is 0 Å². The maximum atomic E-state index is 12.0. The van der Waals surface area contributed by atoms with Gasteiger partial charge in [-0.15, -0.1) is 0 Å². The van der Waals surface area contributed by atoms with E-state index < -0.39 is 5.97 Å². The van der Waals surface area contributed by atoms with Crippen LogP contribution in [-0.4, -0.2) is 24.9 Å². The summed E-state index contributed by atoms with van der Waals surface area (Å²) in [7, 11) is 1.28. The van der Waals surface area contributed by atoms with Crippen molar-refractivity contribution in [2.24, 2.45) is 0 Å². The molecule has 0 spiro atoms. The van der Waals surface area contributed by atoms with Gasteiger partial charge >= 0.3 is 5.97 Å². The number of carbonyl (C=O) groups excluding carboxylic acids is 3. The maximum absolute atomic E-state index is 12.0. The first kappa shape index (κ1) is 18.2. The largest absolute Gasteiger partial charge is 0.469 e. The van der Waals surface area contributed by atoms with Crippen molar-refractivity contribution in [1.29, 1.82) is 0 Å². The van der Waals surface area contributed by atoms with E-state index in [2.05, 4.69) is 10.1 Å². The molecule has 1 N–H and O–H groups in total. The molecule has 0 aliphatic carbocycles. The Morgan fingerprint density at radius 1 is 0.920 bits per heavy atom. The first-order valence-electron chi connectivity index (χ1n) is 7.83. The summed E-state index contributed by atoms with van der Waals surface area (Å²) in [4.78, 5) is 36.4. The van der Waals surface area contributed by atoms with Crippen LogP contribution in [0.2, 0.25) is 0 Å². The van der Waals surface area contributed by atoms with E-state index in [1.54, 1.807) is 29.2 Å². The Bertz CT molecular complexity index is 742. The Hall–Kier alpha value is -3.15. The summed E-state index contributed by atoms with van der Waals surface area (Å²) < 4.78 is 4.50. The lowest BCUT2D eigenvalue weighted by Gasteiger charge is -2.21. The number of amides is 2. The number of ether oxygens (including phenoxy) is 1. The molecule has 25 heavy (non-hydrogen) atoms. The second kappa shape index (κ2) is 8.63. The first-order chi connectivity index (χ1) is 12.0. The normalized spacial score (nSPS) is 10.0. The number of para-hydroxylation sites is 1. The quantitative estimate of drug-likeness (QED) is 0.819. The molecule has 130 valence electrons. The van der Waals surface area contributed by atoms with Crippen molar-refractivity contribution in [3.05, 3.63) is 54.6 Å². The molecule has 6 nitrogen and oxygen atoms in total. The fourth-order valence-electron chi connectivity index (χ4n) is 2.32. The molecule has 0 unspecified atom stereocenters. The monoisotopic (exact) mass is 340 g/mol. The zero-order chi connectivity index (χ0) is 18.2. The smallest absolute Gasteiger partial charge is 0.306 e. The predicted octanol–water partition coefficient (Wildman–Crippen LogP) is 3.26. The van der Waals surface area contributed by atoms with Crippen LogP contribution in [0.25, 0.3) is 0 Å². The zero-order valence-electron chi connectivity index (χ0n) is 14.2. The minimum absolute atomic E-state index is 0.0343. The number of hydrogen-bond donors (Lipinski definition) is 1. The van der Waals surface area contributed by atoms with Crippen LogP contribution in [0, 0.1) is 0 Å². The van der Waals surface area contributed by atoms with Gasteiger partial charge in [-0.1, -0.05) is 18.2 Å². The topological polar surface area (TPSA) is 75.7 Å². The number of anilines is 3. The van der Waals surface area contributed by atoms with E-state index in [-0.39, 0.29) is 24.7 Å². The highest BCUT2D eigenvalue weighted by molar-refractivity contribution is 5.99. The molecule has 0 radical (unpaired) electrons. The lowest BCUT2D eigenvalue weighted by atomic mass is 10.2. The number of nitrogens with one attached hydrogen (secondary N) is 1. The van der Waals surface area contributed by atoms with Crippen LogP contribution < -0.4 is 10.2 Å². The van der Waals surface area contributed by atoms with Crippen molar-refractivity contribution in [2.75, 3.05) is 17.3 Å². The number of hydrogen-bond acceptors (Lipinski definition) is 4. The fraction of sp³-hybridized carbons (Fsp3) is 0.211. The Balaban J connectivity index is 2.06. The minimum Gasteiger partial charge on any atom is -0.469 e. The Kier molecular flexibility index (Phi) is 6.28. The van der Waals surface area contributed by atoms with Gasteiger partial charge in [-0.2, -0.15) is 0 Å². The lowest BCUT2D eigenvalue weighted by molar-refractivity contribution is -0.141. The van der Waals surface area contributed by atoms with Gasteiger partial charge < -0.3 is 10.1 Å². The van der Waals surface area contributed by atoms with E-state index in [1.807, 2.05) is 30.3 Å². The highest BCUT2D eigenvalue weighted by Crippen LogP contribution is 2.26. The van der Waals surface area contributed by atoms with Crippen LogP contribution in [0.1, 0.15) is 19.8 Å². The summed E-state index contributed by atoms with van der Waals surface area (Å²) in [6.45, 7) is 1.50. The van der Waals surface area contributed by atoms with Crippen molar-refractivity contribution in [2.45, 2.75) is 19.8 Å². The second-order valence-corrected chi connectivity index (χ2v) is 5.36. The number of benzene rings is 2. The van der Waals surface area contributed by atoms with Crippen LogP contribution in [-0.2, 0) is 19.1 Å². The van der Waals surface area contributed by atoms with E-state index >= 15 is 0 Å². The molecule has 0 aromatic heterocycles. The molecule has 0 saturated heterocycles. The molecule has 0 atom stereocenters. The summed E-state index contributed by atoms with van der Waals surface area (Å²) in [6, 6.07) is 16.2. The highest BCUT2D eigenvalue weighted by Gasteiger charge is 2.14. The molecule has 6 heteroatoms. The molecule has 0 fully saturated rings. The zero-order valence-corrected chi connectivity index (χ0v) is 14.2. The average Bonchev–Trinajstić information content (AvgIpc) is 2.62. The molecule has 2 aromatic carbocycles. The lowest BCUT2D eigenvalue weighted by Crippen LogP contribution is -2.22. The summed E-state index contributed by atoms with van der Waals surface area (Å²) in [5.74, 6) is -0.809. The van der Waals surface area contributed by atoms with Gasteiger partial charge in [-0.05, 0) is 36.4 Å². The van der Waals surface area contributed by atoms with Crippen molar-refractivity contribution < 1.29 is 19.1 Å². The summed E-state index contributed by atoms with van der Waals surface area (Å²) >= 11 is 0. The van der Waals surface area contributed by atoms with Gasteiger partial charge in [-0.3, -0.25) is 19.3 Å². The van der Waals surface area contributed by atoms with Gasteiger partial charge in [0.05, 0.1) is 13.5 Å². The van der Waals surface area contributed by atoms with Crippen molar-refractivity contribution in [3.8, 4) is 0 Å². The van der Waals surface area contributed by atoms with E-state index in [0.29, 0.717) is 11.4 Å². The van der Waals surface area contributed by atoms with Crippen molar-refractivity contribution in [3.63, 3.8) is 0 Å². The molecule has 2 amide bonds. The van der Waals surface area contributed by atoms with E-state index in [0.717, 1.165) is 5.69 Å². The summed E-state index contributed by atoms with van der Waals surface area (Å²) in [5, 5.41) is 2.71. The first-order valence-corrected chi connectivity index (χ1v) is 7.83. The molecule has 0 bridgehead atoms. The standard InChI is InChI=1S/C19H20N2O4/c1-14(22)21(16-6-4-3-5-7-16)17-10-8-15(9-11-17)20-18(23)12-13-19(24)25-2/h3-11H,12-13H2,1-2H3,(H,20,23). The molecule has 0 saturated carbocycles. The third-order valence-corrected chi connectivity index (χ3v) is 3.52. The van der Waals surface area contributed by atoms with Gasteiger partial charge in [0, 0.05) is 30.4 Å². The Morgan fingerprint density at radius 2 is 1.52 bits per heavy atom. The molecule has 2 aromatic rings. The van der Waals surface area contributed by atoms with Crippen LogP contribution in [0.5, 0.6) is 0 Å². The molecule has 2 rings (SSSR count). The number of carbonyl (C=O) groups is 3. The maximum Gasteiger partial charge on any atom is 0.306 e. The van der Waals surface area contributed by atoms with Crippen LogP contribution >= 0.6 is 0 Å². The van der Waals surface area contributed by atoms with Gasteiger partial charge in [0.15, 0.2) is 0 Å². The van der Waals surface area contributed by atoms with E-state index in [4.69, 9.17) is 0 Å². The average molecular weight is 340 g/mol. The molecular weight excluding hydrogens is 320 g/mol. The van der Waals surface area contributed by atoms with Crippen molar-refractivity contribution in [1.82, 2.24) is 0 Å². The molecule has 0 aliphatic rings. The number of methoxy groups -OCH3 is 1. The van der Waals surface area contributed by atoms with Crippen LogP contribution in [0.4, 0.5) is 17.1 Å². The van der Waals surface area contributed by atoms with Gasteiger partial charge in [-0.25, -0.2) is 0 Å². The Labute approximate surface area is 146 Å². The number of rotatable bonds is 6. The third kappa shape index (κ3) is 5.17. The van der Waals surface area contributed by atoms with Crippen LogP contribution in [0.3, 0.4) is 0 Å². The highest BCUT2D eigenvalue weighted by atomic mass is 16.5. The molecular formula is C19H20N2O4. The summed E-state index contributed by atoms with van der Waals surface area (Å²) in [5.41, 5.74) is 2.06. The minimum atomic E-state index is -0.426. The predicted molar refractivity (Wildman–Crippen MR) is 95.6 cm³/mol. The van der Waals surface area contributed by atoms with Gasteiger partial charge in [0.2, 0.25) is 11.8 Å². The van der Waals surface area contributed by atoms with Crippen molar-refractivity contribution >= 4 is 34.8 Å². The van der Waals surface area contributed by atoms with Crippen LogP contribution in [0.15, 0.2) is 54.6 Å².